The molecule has 0 aliphatic rings. The minimum atomic E-state index is -0.252. The van der Waals surface area contributed by atoms with E-state index in [1.807, 2.05) is 21.0 Å². The molecule has 0 aliphatic heterocycles. The third-order valence-electron chi connectivity index (χ3n) is 2.93. The van der Waals surface area contributed by atoms with E-state index in [9.17, 15) is 4.79 Å². The molecule has 0 radical (unpaired) electrons. The van der Waals surface area contributed by atoms with E-state index in [4.69, 9.17) is 4.42 Å². The molecule has 7 nitrogen and oxygen atoms in total. The summed E-state index contributed by atoms with van der Waals surface area (Å²) in [6.45, 7) is 3.74. The van der Waals surface area contributed by atoms with Crippen molar-refractivity contribution < 1.29 is 9.21 Å². The predicted octanol–water partition coefficient (Wildman–Crippen LogP) is 1.28. The minimum absolute atomic E-state index is 0.252. The Morgan fingerprint density at radius 2 is 2.18 bits per heavy atom. The molecule has 0 fully saturated rings. The zero-order valence-electron chi connectivity index (χ0n) is 13.1. The number of hydrogen-bond donors (Lipinski definition) is 2. The molecule has 2 heterocycles. The Kier molecular flexibility index (Phi) is 5.48. The monoisotopic (exact) mass is 303 g/mol. The molecule has 0 spiro atoms. The Balaban J connectivity index is 1.97. The van der Waals surface area contributed by atoms with E-state index in [1.54, 1.807) is 24.5 Å². The number of likely N-dealkylation sites (N-methyl/N-ethyl adjacent to an activating group) is 1. The molecule has 0 saturated heterocycles. The largest absolute Gasteiger partial charge is 0.467 e. The van der Waals surface area contributed by atoms with E-state index >= 15 is 0 Å². The summed E-state index contributed by atoms with van der Waals surface area (Å²) in [5.74, 6) is 0.908. The van der Waals surface area contributed by atoms with Crippen LogP contribution in [-0.4, -0.2) is 48.0 Å². The highest BCUT2D eigenvalue weighted by atomic mass is 16.3. The summed E-state index contributed by atoms with van der Waals surface area (Å²) in [5.41, 5.74) is 1.08. The Labute approximate surface area is 129 Å². The fourth-order valence-corrected chi connectivity index (χ4v) is 1.83. The predicted molar refractivity (Wildman–Crippen MR) is 83.7 cm³/mol. The molecular weight excluding hydrogens is 282 g/mol. The number of aromatic nitrogens is 2. The number of aryl methyl sites for hydroxylation is 1. The Morgan fingerprint density at radius 1 is 1.36 bits per heavy atom. The highest BCUT2D eigenvalue weighted by Crippen LogP contribution is 2.06. The molecule has 22 heavy (non-hydrogen) atoms. The van der Waals surface area contributed by atoms with Crippen LogP contribution in [0.5, 0.6) is 0 Å². The smallest absolute Gasteiger partial charge is 0.270 e. The first-order valence-corrected chi connectivity index (χ1v) is 7.09. The van der Waals surface area contributed by atoms with Crippen LogP contribution < -0.4 is 10.6 Å². The molecular formula is C15H21N5O2. The highest BCUT2D eigenvalue weighted by molar-refractivity contribution is 5.92. The summed E-state index contributed by atoms with van der Waals surface area (Å²) in [7, 11) is 3.98. The molecule has 1 amide bonds. The number of nitrogens with zero attached hydrogens (tertiary/aromatic N) is 3. The van der Waals surface area contributed by atoms with E-state index in [2.05, 4.69) is 25.5 Å². The molecule has 0 atom stereocenters. The molecule has 2 aromatic rings. The summed E-state index contributed by atoms with van der Waals surface area (Å²) >= 11 is 0. The topological polar surface area (TPSA) is 83.3 Å². The number of furan rings is 1. The Hall–Kier alpha value is -2.41. The lowest BCUT2D eigenvalue weighted by atomic mass is 10.3. The van der Waals surface area contributed by atoms with E-state index in [1.165, 1.54) is 0 Å². The highest BCUT2D eigenvalue weighted by Gasteiger charge is 2.11. The summed E-state index contributed by atoms with van der Waals surface area (Å²) < 4.78 is 5.18. The van der Waals surface area contributed by atoms with Crippen LogP contribution in [0.1, 0.15) is 21.9 Å². The molecule has 0 aliphatic carbocycles. The van der Waals surface area contributed by atoms with Gasteiger partial charge in [-0.05, 0) is 39.2 Å². The van der Waals surface area contributed by atoms with Gasteiger partial charge in [0.15, 0.2) is 0 Å². The summed E-state index contributed by atoms with van der Waals surface area (Å²) in [6.07, 6.45) is 1.57. The quantitative estimate of drug-likeness (QED) is 0.802. The first-order valence-electron chi connectivity index (χ1n) is 7.09. The molecule has 0 saturated carbocycles. The van der Waals surface area contributed by atoms with Gasteiger partial charge >= 0.3 is 0 Å². The maximum Gasteiger partial charge on any atom is 0.270 e. The maximum atomic E-state index is 12.1. The van der Waals surface area contributed by atoms with Crippen LogP contribution in [0.15, 0.2) is 28.9 Å². The van der Waals surface area contributed by atoms with Gasteiger partial charge in [0.05, 0.1) is 12.8 Å². The van der Waals surface area contributed by atoms with Crippen LogP contribution in [0, 0.1) is 6.92 Å². The summed E-state index contributed by atoms with van der Waals surface area (Å²) in [5, 5.41) is 5.89. The van der Waals surface area contributed by atoms with Gasteiger partial charge in [0.25, 0.3) is 5.91 Å². The van der Waals surface area contributed by atoms with Gasteiger partial charge in [-0.2, -0.15) is 0 Å². The lowest BCUT2D eigenvalue weighted by Crippen LogP contribution is -2.25. The zero-order chi connectivity index (χ0) is 15.9. The average Bonchev–Trinajstić information content (AvgIpc) is 2.97. The van der Waals surface area contributed by atoms with Crippen molar-refractivity contribution in [2.24, 2.45) is 0 Å². The second kappa shape index (κ2) is 7.56. The van der Waals surface area contributed by atoms with Gasteiger partial charge in [0.1, 0.15) is 11.5 Å². The molecule has 118 valence electrons. The van der Waals surface area contributed by atoms with Crippen molar-refractivity contribution in [1.29, 1.82) is 0 Å². The van der Waals surface area contributed by atoms with E-state index in [-0.39, 0.29) is 5.91 Å². The number of nitrogens with one attached hydrogen (secondary N) is 2. The first kappa shape index (κ1) is 16.0. The van der Waals surface area contributed by atoms with Gasteiger partial charge < -0.3 is 20.0 Å². The summed E-state index contributed by atoms with van der Waals surface area (Å²) in [4.78, 5) is 22.7. The van der Waals surface area contributed by atoms with Gasteiger partial charge in [-0.3, -0.25) is 4.79 Å². The van der Waals surface area contributed by atoms with Gasteiger partial charge in [-0.1, -0.05) is 0 Å². The van der Waals surface area contributed by atoms with E-state index < -0.39 is 0 Å². The molecule has 0 bridgehead atoms. The maximum absolute atomic E-state index is 12.1. The van der Waals surface area contributed by atoms with Crippen molar-refractivity contribution in [1.82, 2.24) is 20.2 Å². The average molecular weight is 303 g/mol. The van der Waals surface area contributed by atoms with Gasteiger partial charge in [-0.15, -0.1) is 0 Å². The van der Waals surface area contributed by atoms with E-state index in [0.29, 0.717) is 30.5 Å². The molecule has 2 N–H and O–H groups in total. The molecule has 0 unspecified atom stereocenters. The number of hydrogen-bond acceptors (Lipinski definition) is 6. The van der Waals surface area contributed by atoms with Crippen molar-refractivity contribution >= 4 is 11.9 Å². The number of anilines is 1. The zero-order valence-corrected chi connectivity index (χ0v) is 13.1. The number of carbonyl (C=O) groups is 1. The van der Waals surface area contributed by atoms with Crippen LogP contribution in [0.25, 0.3) is 0 Å². The van der Waals surface area contributed by atoms with Gasteiger partial charge in [-0.25, -0.2) is 9.97 Å². The third kappa shape index (κ3) is 4.85. The van der Waals surface area contributed by atoms with Gasteiger partial charge in [0, 0.05) is 18.8 Å². The van der Waals surface area contributed by atoms with Crippen LogP contribution in [0.2, 0.25) is 0 Å². The van der Waals surface area contributed by atoms with Crippen LogP contribution in [0.4, 0.5) is 5.95 Å². The lowest BCUT2D eigenvalue weighted by molar-refractivity contribution is 0.0943. The summed E-state index contributed by atoms with van der Waals surface area (Å²) in [6, 6.07) is 5.25. The molecule has 2 rings (SSSR count). The van der Waals surface area contributed by atoms with Crippen molar-refractivity contribution in [3.8, 4) is 0 Å². The molecule has 2 aromatic heterocycles. The third-order valence-corrected chi connectivity index (χ3v) is 2.93. The van der Waals surface area contributed by atoms with Crippen molar-refractivity contribution in [3.63, 3.8) is 0 Å². The lowest BCUT2D eigenvalue weighted by Gasteiger charge is -2.11. The fraction of sp³-hybridized carbons (Fsp3) is 0.400. The first-order chi connectivity index (χ1) is 10.5. The SMILES string of the molecule is Cc1cc(C(=O)NCc2ccco2)nc(NCCN(C)C)n1. The van der Waals surface area contributed by atoms with E-state index in [0.717, 1.165) is 12.2 Å². The molecule has 0 aromatic carbocycles. The molecule has 7 heteroatoms. The fourth-order valence-electron chi connectivity index (χ4n) is 1.83. The second-order valence-corrected chi connectivity index (χ2v) is 5.21. The Morgan fingerprint density at radius 3 is 2.86 bits per heavy atom. The van der Waals surface area contributed by atoms with Crippen LogP contribution >= 0.6 is 0 Å². The normalized spacial score (nSPS) is 10.7. The van der Waals surface area contributed by atoms with Crippen molar-refractivity contribution in [2.75, 3.05) is 32.5 Å². The van der Waals surface area contributed by atoms with Gasteiger partial charge in [0.2, 0.25) is 5.95 Å². The van der Waals surface area contributed by atoms with Crippen molar-refractivity contribution in [3.05, 3.63) is 41.6 Å². The minimum Gasteiger partial charge on any atom is -0.467 e. The number of rotatable bonds is 7. The number of carbonyl (C=O) groups excluding carboxylic acids is 1. The van der Waals surface area contributed by atoms with Crippen molar-refractivity contribution in [2.45, 2.75) is 13.5 Å². The number of amides is 1. The van der Waals surface area contributed by atoms with Crippen LogP contribution in [-0.2, 0) is 6.54 Å². The second-order valence-electron chi connectivity index (χ2n) is 5.21. The standard InChI is InChI=1S/C15H21N5O2/c1-11-9-13(14(21)17-10-12-5-4-8-22-12)19-15(18-11)16-6-7-20(2)3/h4-5,8-9H,6-7,10H2,1-3H3,(H,17,21)(H,16,18,19). The van der Waals surface area contributed by atoms with Crippen LogP contribution in [0.3, 0.4) is 0 Å². The Bertz CT molecular complexity index is 610.